The zero-order valence-electron chi connectivity index (χ0n) is 22.3. The van der Waals surface area contributed by atoms with Gasteiger partial charge in [-0.15, -0.1) is 0 Å². The fraction of sp³-hybridized carbons (Fsp3) is 0.444. The predicted molar refractivity (Wildman–Crippen MR) is 138 cm³/mol. The number of anilines is 1. The van der Waals surface area contributed by atoms with Crippen LogP contribution in [0.1, 0.15) is 57.0 Å². The highest BCUT2D eigenvalue weighted by molar-refractivity contribution is 5.95. The van der Waals surface area contributed by atoms with Crippen LogP contribution in [-0.2, 0) is 11.2 Å². The molecular formula is C27H31F2N5O4. The van der Waals surface area contributed by atoms with E-state index in [1.807, 2.05) is 27.7 Å². The van der Waals surface area contributed by atoms with Crippen LogP contribution in [0, 0.1) is 23.5 Å². The van der Waals surface area contributed by atoms with E-state index in [1.54, 1.807) is 15.8 Å². The third kappa shape index (κ3) is 5.03. The molecule has 38 heavy (non-hydrogen) atoms. The van der Waals surface area contributed by atoms with Gasteiger partial charge in [-0.1, -0.05) is 12.8 Å². The van der Waals surface area contributed by atoms with Gasteiger partial charge in [0, 0.05) is 25.4 Å². The largest absolute Gasteiger partial charge is 0.493 e. The fourth-order valence-electron chi connectivity index (χ4n) is 4.42. The molecule has 1 atom stereocenters. The molecule has 9 nitrogen and oxygen atoms in total. The van der Waals surface area contributed by atoms with E-state index in [0.717, 1.165) is 17.1 Å². The molecule has 2 N–H and O–H groups in total. The molecule has 0 saturated carbocycles. The van der Waals surface area contributed by atoms with Crippen LogP contribution in [0.25, 0.3) is 10.9 Å². The smallest absolute Gasteiger partial charge is 0.410 e. The molecule has 1 fully saturated rings. The summed E-state index contributed by atoms with van der Waals surface area (Å²) in [4.78, 5) is 18.6. The second-order valence-electron chi connectivity index (χ2n) is 9.94. The quantitative estimate of drug-likeness (QED) is 0.500. The Morgan fingerprint density at radius 2 is 1.84 bits per heavy atom. The van der Waals surface area contributed by atoms with Crippen LogP contribution in [0.3, 0.4) is 0 Å². The molecule has 1 aliphatic heterocycles. The van der Waals surface area contributed by atoms with Gasteiger partial charge in [0.2, 0.25) is 0 Å². The summed E-state index contributed by atoms with van der Waals surface area (Å²) in [5.41, 5.74) is 6.95. The van der Waals surface area contributed by atoms with Gasteiger partial charge in [-0.25, -0.2) is 18.6 Å². The summed E-state index contributed by atoms with van der Waals surface area (Å²) in [7, 11) is 2.53. The number of methoxy groups -OCH3 is 2. The number of halogens is 2. The van der Waals surface area contributed by atoms with Crippen molar-refractivity contribution in [2.45, 2.75) is 52.2 Å². The number of carbonyl (C=O) groups excluding carboxylic acids is 1. The highest BCUT2D eigenvalue weighted by Crippen LogP contribution is 2.34. The van der Waals surface area contributed by atoms with Crippen LogP contribution in [-0.4, -0.2) is 58.7 Å². The molecule has 1 saturated heterocycles. The van der Waals surface area contributed by atoms with Crippen LogP contribution in [0.2, 0.25) is 0 Å². The Labute approximate surface area is 219 Å². The maximum Gasteiger partial charge on any atom is 0.410 e. The number of amides is 1. The Hall–Kier alpha value is -4.07. The summed E-state index contributed by atoms with van der Waals surface area (Å²) >= 11 is 0. The number of nitrogens with zero attached hydrogens (tertiary/aromatic N) is 4. The maximum atomic E-state index is 14.9. The van der Waals surface area contributed by atoms with Crippen LogP contribution < -0.4 is 15.2 Å². The molecule has 1 aliphatic rings. The first-order valence-electron chi connectivity index (χ1n) is 12.2. The molecule has 0 radical (unpaired) electrons. The van der Waals surface area contributed by atoms with Crippen LogP contribution >= 0.6 is 0 Å². The zero-order valence-corrected chi connectivity index (χ0v) is 22.3. The van der Waals surface area contributed by atoms with Gasteiger partial charge in [0.05, 0.1) is 31.2 Å². The SMILES string of the molecule is CCc1cnc(N)c2c(C#Cc3c(F)c(OC)cc(OC)c3F)nn(C3CCN(C(=O)OC(C)(C)C)C3)c12. The van der Waals surface area contributed by atoms with Gasteiger partial charge in [0.1, 0.15) is 22.7 Å². The number of hydrogen-bond acceptors (Lipinski definition) is 7. The van der Waals surface area contributed by atoms with Gasteiger partial charge < -0.3 is 24.8 Å². The molecule has 2 aromatic heterocycles. The highest BCUT2D eigenvalue weighted by Gasteiger charge is 2.33. The van der Waals surface area contributed by atoms with E-state index in [9.17, 15) is 13.6 Å². The van der Waals surface area contributed by atoms with Crippen LogP contribution in [0.4, 0.5) is 19.4 Å². The number of carbonyl (C=O) groups is 1. The van der Waals surface area contributed by atoms with E-state index < -0.39 is 28.9 Å². The van der Waals surface area contributed by atoms with Gasteiger partial charge in [0.25, 0.3) is 0 Å². The Morgan fingerprint density at radius 3 is 2.42 bits per heavy atom. The number of likely N-dealkylation sites (tertiary alicyclic amines) is 1. The Balaban J connectivity index is 1.81. The Bertz CT molecular complexity index is 1420. The number of fused-ring (bicyclic) bond motifs is 1. The van der Waals surface area contributed by atoms with Crippen molar-refractivity contribution in [3.63, 3.8) is 0 Å². The second kappa shape index (κ2) is 10.4. The van der Waals surface area contributed by atoms with Crippen molar-refractivity contribution in [2.75, 3.05) is 33.0 Å². The number of aryl methyl sites for hydroxylation is 1. The van der Waals surface area contributed by atoms with E-state index >= 15 is 0 Å². The average Bonchev–Trinajstić information content (AvgIpc) is 3.49. The Morgan fingerprint density at radius 1 is 1.18 bits per heavy atom. The maximum absolute atomic E-state index is 14.9. The van der Waals surface area contributed by atoms with E-state index in [4.69, 9.17) is 25.0 Å². The first-order valence-corrected chi connectivity index (χ1v) is 12.2. The lowest BCUT2D eigenvalue weighted by atomic mass is 10.1. The first kappa shape index (κ1) is 27.0. The summed E-state index contributed by atoms with van der Waals surface area (Å²) in [5.74, 6) is 3.23. The van der Waals surface area contributed by atoms with Crippen molar-refractivity contribution in [3.8, 4) is 23.3 Å². The predicted octanol–water partition coefficient (Wildman–Crippen LogP) is 4.45. The van der Waals surface area contributed by atoms with Crippen molar-refractivity contribution in [2.24, 2.45) is 0 Å². The second-order valence-corrected chi connectivity index (χ2v) is 9.94. The molecule has 1 unspecified atom stereocenters. The lowest BCUT2D eigenvalue weighted by Gasteiger charge is -2.24. The molecule has 202 valence electrons. The molecule has 1 amide bonds. The number of pyridine rings is 1. The molecule has 11 heteroatoms. The number of nitrogen functional groups attached to an aromatic ring is 1. The minimum absolute atomic E-state index is 0.182. The fourth-order valence-corrected chi connectivity index (χ4v) is 4.42. The van der Waals surface area contributed by atoms with Crippen LogP contribution in [0.5, 0.6) is 11.5 Å². The van der Waals surface area contributed by atoms with Gasteiger partial charge in [-0.2, -0.15) is 5.10 Å². The third-order valence-corrected chi connectivity index (χ3v) is 6.25. The molecule has 0 spiro atoms. The van der Waals surface area contributed by atoms with Crippen molar-refractivity contribution in [3.05, 3.63) is 40.7 Å². The number of hydrogen-bond donors (Lipinski definition) is 1. The number of benzene rings is 1. The standard InChI is InChI=1S/C27H31F2N5O4/c1-7-15-13-31-25(30)21-18(9-8-17-22(28)19(36-5)12-20(37-6)23(17)29)32-34(24(15)21)16-10-11-33(14-16)26(35)38-27(2,3)4/h12-13,16H,7,10-11,14H2,1-6H3,(H2,30,31). The third-order valence-electron chi connectivity index (χ3n) is 6.25. The van der Waals surface area contributed by atoms with Crippen LogP contribution in [0.15, 0.2) is 12.3 Å². The number of rotatable bonds is 4. The van der Waals surface area contributed by atoms with Crippen molar-refractivity contribution in [1.82, 2.24) is 19.7 Å². The molecule has 0 aliphatic carbocycles. The van der Waals surface area contributed by atoms with E-state index in [2.05, 4.69) is 16.8 Å². The highest BCUT2D eigenvalue weighted by atomic mass is 19.1. The van der Waals surface area contributed by atoms with Crippen molar-refractivity contribution in [1.29, 1.82) is 0 Å². The first-order chi connectivity index (χ1) is 18.0. The lowest BCUT2D eigenvalue weighted by molar-refractivity contribution is 0.0288. The number of nitrogens with two attached hydrogens (primary N) is 1. The molecule has 4 rings (SSSR count). The summed E-state index contributed by atoms with van der Waals surface area (Å²) in [6.45, 7) is 8.29. The minimum Gasteiger partial charge on any atom is -0.493 e. The van der Waals surface area contributed by atoms with Crippen molar-refractivity contribution >= 4 is 22.8 Å². The monoisotopic (exact) mass is 527 g/mol. The molecule has 3 heterocycles. The van der Waals surface area contributed by atoms with E-state index in [-0.39, 0.29) is 29.1 Å². The number of aromatic nitrogens is 3. The van der Waals surface area contributed by atoms with E-state index in [1.165, 1.54) is 14.2 Å². The summed E-state index contributed by atoms with van der Waals surface area (Å²) in [6.07, 6.45) is 2.55. The molecular weight excluding hydrogens is 496 g/mol. The van der Waals surface area contributed by atoms with Gasteiger partial charge in [-0.05, 0) is 45.1 Å². The topological polar surface area (TPSA) is 105 Å². The average molecular weight is 528 g/mol. The summed E-state index contributed by atoms with van der Waals surface area (Å²) < 4.78 is 47.2. The Kier molecular flexibility index (Phi) is 7.35. The number of ether oxygens (including phenoxy) is 3. The summed E-state index contributed by atoms with van der Waals surface area (Å²) in [5, 5.41) is 5.19. The molecule has 0 bridgehead atoms. The van der Waals surface area contributed by atoms with E-state index in [0.29, 0.717) is 31.3 Å². The van der Waals surface area contributed by atoms with Gasteiger partial charge in [-0.3, -0.25) is 4.68 Å². The molecule has 1 aromatic carbocycles. The molecule has 3 aromatic rings. The summed E-state index contributed by atoms with van der Waals surface area (Å²) in [6, 6.07) is 0.935. The van der Waals surface area contributed by atoms with Crippen molar-refractivity contribution < 1.29 is 27.8 Å². The van der Waals surface area contributed by atoms with Gasteiger partial charge >= 0.3 is 6.09 Å². The lowest BCUT2D eigenvalue weighted by Crippen LogP contribution is -2.35. The normalized spacial score (nSPS) is 15.4. The zero-order chi connectivity index (χ0) is 27.8. The van der Waals surface area contributed by atoms with Gasteiger partial charge in [0.15, 0.2) is 23.1 Å². The minimum atomic E-state index is -0.953.